The number of aryl methyl sites for hydroxylation is 1. The van der Waals surface area contributed by atoms with Crippen LogP contribution in [0, 0.1) is 6.92 Å². The Labute approximate surface area is 229 Å². The highest BCUT2D eigenvalue weighted by Crippen LogP contribution is 2.30. The van der Waals surface area contributed by atoms with Crippen molar-refractivity contribution in [3.05, 3.63) is 57.6 Å². The van der Waals surface area contributed by atoms with Crippen LogP contribution in [0.5, 0.6) is 0 Å². The quantitative estimate of drug-likeness (QED) is 0.344. The number of nitrogens with zero attached hydrogens (tertiary/aromatic N) is 4. The zero-order valence-electron chi connectivity index (χ0n) is 19.9. The number of nitrogens with one attached hydrogen (secondary N) is 3. The van der Waals surface area contributed by atoms with Crippen LogP contribution in [0.1, 0.15) is 39.4 Å². The minimum absolute atomic E-state index is 0.0239. The molecule has 3 heterocycles. The fourth-order valence-corrected chi connectivity index (χ4v) is 4.99. The molecular formula is C23H22Cl2F3N7O2S. The molecule has 3 N–H and O–H groups in total. The summed E-state index contributed by atoms with van der Waals surface area (Å²) >= 11 is 13.0. The molecule has 4 rings (SSSR count). The summed E-state index contributed by atoms with van der Waals surface area (Å²) in [6, 6.07) is 4.43. The van der Waals surface area contributed by atoms with E-state index >= 15 is 0 Å². The first-order valence-electron chi connectivity index (χ1n) is 11.4. The number of hydrogen-bond acceptors (Lipinski definition) is 8. The fraction of sp³-hybridized carbons (Fsp3) is 0.348. The molecule has 0 radical (unpaired) electrons. The summed E-state index contributed by atoms with van der Waals surface area (Å²) in [4.78, 5) is 35.4. The Bertz CT molecular complexity index is 1330. The highest BCUT2D eigenvalue weighted by atomic mass is 35.5. The number of hydrogen-bond donors (Lipinski definition) is 3. The van der Waals surface area contributed by atoms with E-state index in [1.165, 1.54) is 23.4 Å². The number of alkyl halides is 3. The van der Waals surface area contributed by atoms with Gasteiger partial charge in [0.25, 0.3) is 11.8 Å². The molecule has 9 nitrogen and oxygen atoms in total. The highest BCUT2D eigenvalue weighted by molar-refractivity contribution is 7.10. The van der Waals surface area contributed by atoms with Crippen LogP contribution in [-0.4, -0.2) is 62.9 Å². The Morgan fingerprint density at radius 1 is 1.13 bits per heavy atom. The third-order valence-corrected chi connectivity index (χ3v) is 7.29. The molecule has 38 heavy (non-hydrogen) atoms. The van der Waals surface area contributed by atoms with Crippen LogP contribution in [0.3, 0.4) is 0 Å². The summed E-state index contributed by atoms with van der Waals surface area (Å²) in [6.45, 7) is 1.18. The van der Waals surface area contributed by atoms with Crippen LogP contribution >= 0.6 is 34.7 Å². The molecule has 2 aromatic heterocycles. The number of aromatic nitrogens is 3. The van der Waals surface area contributed by atoms with Crippen molar-refractivity contribution in [2.24, 2.45) is 0 Å². The van der Waals surface area contributed by atoms with E-state index in [1.807, 2.05) is 0 Å². The van der Waals surface area contributed by atoms with Gasteiger partial charge in [0, 0.05) is 24.8 Å². The SMILES string of the molecule is Cc1nsc(Nc2cncc(C(=O)NC3CCN(CC(F)(F)F)CC3)n2)c1C(=O)Nc1ccc(Cl)c(Cl)c1. The van der Waals surface area contributed by atoms with E-state index in [0.717, 1.165) is 11.5 Å². The lowest BCUT2D eigenvalue weighted by molar-refractivity contribution is -0.148. The second-order valence-electron chi connectivity index (χ2n) is 8.61. The van der Waals surface area contributed by atoms with Crippen LogP contribution in [0.25, 0.3) is 0 Å². The van der Waals surface area contributed by atoms with Crippen LogP contribution in [0.2, 0.25) is 10.0 Å². The molecule has 1 fully saturated rings. The number of amides is 2. The molecule has 0 aliphatic carbocycles. The first-order chi connectivity index (χ1) is 18.0. The van der Waals surface area contributed by atoms with Gasteiger partial charge in [-0.3, -0.25) is 19.5 Å². The molecule has 0 spiro atoms. The smallest absolute Gasteiger partial charge is 0.348 e. The topological polar surface area (TPSA) is 112 Å². The van der Waals surface area contributed by atoms with Gasteiger partial charge in [-0.25, -0.2) is 4.98 Å². The molecule has 202 valence electrons. The number of likely N-dealkylation sites (tertiary alicyclic amines) is 1. The van der Waals surface area contributed by atoms with Crippen LogP contribution in [-0.2, 0) is 0 Å². The summed E-state index contributed by atoms with van der Waals surface area (Å²) in [5, 5.41) is 9.59. The summed E-state index contributed by atoms with van der Waals surface area (Å²) < 4.78 is 42.0. The van der Waals surface area contributed by atoms with Gasteiger partial charge >= 0.3 is 6.18 Å². The van der Waals surface area contributed by atoms with E-state index in [9.17, 15) is 22.8 Å². The average molecular weight is 588 g/mol. The number of halogens is 5. The first kappa shape index (κ1) is 28.0. The van der Waals surface area contributed by atoms with Crippen molar-refractivity contribution in [3.63, 3.8) is 0 Å². The number of carbonyl (C=O) groups is 2. The Morgan fingerprint density at radius 2 is 1.87 bits per heavy atom. The Balaban J connectivity index is 1.39. The third kappa shape index (κ3) is 7.31. The molecule has 1 aliphatic rings. The van der Waals surface area contributed by atoms with Gasteiger partial charge in [0.05, 0.1) is 40.2 Å². The maximum absolute atomic E-state index is 13.0. The van der Waals surface area contributed by atoms with Gasteiger partial charge in [0.15, 0.2) is 0 Å². The third-order valence-electron chi connectivity index (χ3n) is 5.70. The second-order valence-corrected chi connectivity index (χ2v) is 10.2. The normalized spacial score (nSPS) is 14.8. The van der Waals surface area contributed by atoms with Crippen molar-refractivity contribution < 1.29 is 22.8 Å². The van der Waals surface area contributed by atoms with Gasteiger partial charge in [-0.05, 0) is 49.5 Å². The van der Waals surface area contributed by atoms with E-state index in [-0.39, 0.29) is 36.2 Å². The van der Waals surface area contributed by atoms with Crippen LogP contribution in [0.15, 0.2) is 30.6 Å². The van der Waals surface area contributed by atoms with Crippen molar-refractivity contribution in [1.82, 2.24) is 24.6 Å². The van der Waals surface area contributed by atoms with E-state index in [1.54, 1.807) is 19.1 Å². The van der Waals surface area contributed by atoms with Crippen molar-refractivity contribution in [2.75, 3.05) is 30.3 Å². The van der Waals surface area contributed by atoms with Crippen LogP contribution in [0.4, 0.5) is 29.7 Å². The summed E-state index contributed by atoms with van der Waals surface area (Å²) in [7, 11) is 0. The summed E-state index contributed by atoms with van der Waals surface area (Å²) in [5.41, 5.74) is 1.23. The fourth-order valence-electron chi connectivity index (χ4n) is 3.89. The van der Waals surface area contributed by atoms with Gasteiger partial charge in [0.2, 0.25) is 0 Å². The van der Waals surface area contributed by atoms with Gasteiger partial charge < -0.3 is 16.0 Å². The van der Waals surface area contributed by atoms with Crippen molar-refractivity contribution in [3.8, 4) is 0 Å². The summed E-state index contributed by atoms with van der Waals surface area (Å²) in [6.07, 6.45) is -0.785. The molecule has 3 aromatic rings. The lowest BCUT2D eigenvalue weighted by Gasteiger charge is -2.32. The molecule has 1 aromatic carbocycles. The molecule has 0 unspecified atom stereocenters. The molecule has 0 atom stereocenters. The monoisotopic (exact) mass is 587 g/mol. The number of anilines is 3. The molecule has 2 amide bonds. The van der Waals surface area contributed by atoms with Gasteiger partial charge in [-0.15, -0.1) is 0 Å². The number of benzene rings is 1. The Kier molecular flexibility index (Phi) is 8.71. The standard InChI is InChI=1S/C23H22Cl2F3N7O2S/c1-12-19(21(37)31-14-2-3-15(24)16(25)8-14)22(38-34-12)33-18-10-29-9-17(32-18)20(36)30-13-4-6-35(7-5-13)11-23(26,27)28/h2-3,8-10,13H,4-7,11H2,1H3,(H,30,36)(H,31,37)(H,32,33). The van der Waals surface area contributed by atoms with Crippen molar-refractivity contribution in [2.45, 2.75) is 32.0 Å². The minimum Gasteiger partial charge on any atom is -0.348 e. The van der Waals surface area contributed by atoms with E-state index in [0.29, 0.717) is 39.3 Å². The maximum Gasteiger partial charge on any atom is 0.401 e. The maximum atomic E-state index is 13.0. The minimum atomic E-state index is -4.25. The average Bonchev–Trinajstić information content (AvgIpc) is 3.21. The Morgan fingerprint density at radius 3 is 2.55 bits per heavy atom. The molecule has 1 saturated heterocycles. The largest absolute Gasteiger partial charge is 0.401 e. The van der Waals surface area contributed by atoms with E-state index < -0.39 is 24.5 Å². The Hall–Kier alpha value is -3.00. The number of piperidine rings is 1. The zero-order chi connectivity index (χ0) is 27.4. The first-order valence-corrected chi connectivity index (χ1v) is 12.9. The lowest BCUT2D eigenvalue weighted by atomic mass is 10.0. The molecule has 0 saturated carbocycles. The van der Waals surface area contributed by atoms with E-state index in [2.05, 4.69) is 30.3 Å². The lowest BCUT2D eigenvalue weighted by Crippen LogP contribution is -2.47. The van der Waals surface area contributed by atoms with Gasteiger partial charge in [-0.1, -0.05) is 23.2 Å². The molecular weight excluding hydrogens is 566 g/mol. The molecule has 15 heteroatoms. The second kappa shape index (κ2) is 11.8. The highest BCUT2D eigenvalue weighted by Gasteiger charge is 2.33. The molecule has 0 bridgehead atoms. The van der Waals surface area contributed by atoms with Crippen molar-refractivity contribution >= 4 is 63.1 Å². The number of rotatable bonds is 7. The van der Waals surface area contributed by atoms with E-state index in [4.69, 9.17) is 23.2 Å². The zero-order valence-corrected chi connectivity index (χ0v) is 22.2. The van der Waals surface area contributed by atoms with Crippen molar-refractivity contribution in [1.29, 1.82) is 0 Å². The molecule has 1 aliphatic heterocycles. The number of carbonyl (C=O) groups excluding carboxylic acids is 2. The predicted molar refractivity (Wildman–Crippen MR) is 140 cm³/mol. The van der Waals surface area contributed by atoms with Crippen LogP contribution < -0.4 is 16.0 Å². The summed E-state index contributed by atoms with van der Waals surface area (Å²) in [5.74, 6) is -0.714. The predicted octanol–water partition coefficient (Wildman–Crippen LogP) is 5.30. The van der Waals surface area contributed by atoms with Gasteiger partial charge in [-0.2, -0.15) is 17.5 Å². The van der Waals surface area contributed by atoms with Gasteiger partial charge in [0.1, 0.15) is 16.5 Å².